The van der Waals surface area contributed by atoms with Gasteiger partial charge in [-0.25, -0.2) is 0 Å². The molecule has 0 fully saturated rings. The van der Waals surface area contributed by atoms with Gasteiger partial charge >= 0.3 is 0 Å². The van der Waals surface area contributed by atoms with Crippen molar-refractivity contribution in [3.05, 3.63) is 107 Å². The van der Waals surface area contributed by atoms with Crippen LogP contribution in [0.4, 0.5) is 0 Å². The molecule has 0 unspecified atom stereocenters. The third kappa shape index (κ3) is 2.16. The summed E-state index contributed by atoms with van der Waals surface area (Å²) in [5.41, 5.74) is 4.95. The molecule has 4 nitrogen and oxygen atoms in total. The quantitative estimate of drug-likeness (QED) is 0.233. The van der Waals surface area contributed by atoms with Crippen molar-refractivity contribution in [2.45, 2.75) is 0 Å². The van der Waals surface area contributed by atoms with E-state index in [4.69, 9.17) is 4.74 Å². The highest BCUT2D eigenvalue weighted by molar-refractivity contribution is 6.41. The highest BCUT2D eigenvalue weighted by Gasteiger charge is 2.33. The van der Waals surface area contributed by atoms with E-state index in [-0.39, 0.29) is 17.1 Å². The van der Waals surface area contributed by atoms with E-state index in [2.05, 4.69) is 16.7 Å². The Morgan fingerprint density at radius 2 is 1.38 bits per heavy atom. The summed E-state index contributed by atoms with van der Waals surface area (Å²) in [7, 11) is 0. The number of fused-ring (bicyclic) bond motifs is 6. The standard InChI is InChI=1S/C28H15NO3/c30-27-18-8-1-2-9-19(18)28(31)21(27)14-16-13-20-17-7-3-4-10-22(17)29-23-11-5-6-12-24(23)32-25(15-16)26(20)29/h1-15H. The van der Waals surface area contributed by atoms with Crippen LogP contribution in [0, 0.1) is 0 Å². The van der Waals surface area contributed by atoms with Crippen molar-refractivity contribution in [1.29, 1.82) is 0 Å². The maximum absolute atomic E-state index is 12.9. The van der Waals surface area contributed by atoms with Gasteiger partial charge in [-0.2, -0.15) is 0 Å². The van der Waals surface area contributed by atoms with Crippen LogP contribution in [0.1, 0.15) is 26.3 Å². The molecule has 2 aliphatic rings. The molecular formula is C28H15NO3. The predicted molar refractivity (Wildman–Crippen MR) is 124 cm³/mol. The van der Waals surface area contributed by atoms with Gasteiger partial charge in [0.05, 0.1) is 22.3 Å². The van der Waals surface area contributed by atoms with E-state index in [0.717, 1.165) is 38.8 Å². The molecule has 32 heavy (non-hydrogen) atoms. The summed E-state index contributed by atoms with van der Waals surface area (Å²) in [5, 5.41) is 2.12. The summed E-state index contributed by atoms with van der Waals surface area (Å²) in [6.07, 6.45) is 1.69. The normalized spacial score (nSPS) is 13.9. The van der Waals surface area contributed by atoms with Crippen molar-refractivity contribution >= 4 is 39.4 Å². The van der Waals surface area contributed by atoms with Crippen LogP contribution in [0.3, 0.4) is 0 Å². The molecule has 2 heterocycles. The molecule has 0 amide bonds. The molecule has 5 aromatic rings. The van der Waals surface area contributed by atoms with Gasteiger partial charge in [0.25, 0.3) is 0 Å². The Morgan fingerprint density at radius 1 is 0.688 bits per heavy atom. The second-order valence-electron chi connectivity index (χ2n) is 8.10. The second-order valence-corrected chi connectivity index (χ2v) is 8.10. The van der Waals surface area contributed by atoms with Crippen LogP contribution in [-0.4, -0.2) is 16.1 Å². The first-order valence-corrected chi connectivity index (χ1v) is 10.5. The minimum atomic E-state index is -0.229. The lowest BCUT2D eigenvalue weighted by Crippen LogP contribution is -2.04. The number of carbonyl (C=O) groups excluding carboxylic acids is 2. The van der Waals surface area contributed by atoms with Crippen molar-refractivity contribution in [3.8, 4) is 17.2 Å². The van der Waals surface area contributed by atoms with E-state index in [1.165, 1.54) is 0 Å². The maximum atomic E-state index is 12.9. The fourth-order valence-corrected chi connectivity index (χ4v) is 4.91. The zero-order valence-electron chi connectivity index (χ0n) is 16.8. The first-order chi connectivity index (χ1) is 15.7. The van der Waals surface area contributed by atoms with Crippen molar-refractivity contribution in [1.82, 2.24) is 4.57 Å². The summed E-state index contributed by atoms with van der Waals surface area (Å²) < 4.78 is 8.50. The van der Waals surface area contributed by atoms with Crippen molar-refractivity contribution in [2.24, 2.45) is 0 Å². The Labute approximate surface area is 183 Å². The van der Waals surface area contributed by atoms with E-state index in [1.54, 1.807) is 30.3 Å². The largest absolute Gasteiger partial charge is 0.453 e. The zero-order chi connectivity index (χ0) is 21.4. The monoisotopic (exact) mass is 413 g/mol. The number of allylic oxidation sites excluding steroid dienone is 1. The molecule has 4 heteroatoms. The second kappa shape index (κ2) is 6.05. The van der Waals surface area contributed by atoms with Gasteiger partial charge < -0.3 is 9.30 Å². The smallest absolute Gasteiger partial charge is 0.197 e. The van der Waals surface area contributed by atoms with E-state index >= 15 is 0 Å². The van der Waals surface area contributed by atoms with Gasteiger partial charge in [0, 0.05) is 21.9 Å². The lowest BCUT2D eigenvalue weighted by Gasteiger charge is -2.21. The number of Topliss-reactive ketones (excluding diaryl/α,β-unsaturated/α-hetero) is 2. The summed E-state index contributed by atoms with van der Waals surface area (Å²) in [4.78, 5) is 25.8. The Morgan fingerprint density at radius 3 is 2.19 bits per heavy atom. The molecule has 0 radical (unpaired) electrons. The zero-order valence-corrected chi connectivity index (χ0v) is 16.8. The maximum Gasteiger partial charge on any atom is 0.197 e. The highest BCUT2D eigenvalue weighted by Crippen LogP contribution is 2.46. The summed E-state index contributed by atoms with van der Waals surface area (Å²) in [5.74, 6) is 1.02. The van der Waals surface area contributed by atoms with Gasteiger partial charge in [-0.05, 0) is 42.0 Å². The van der Waals surface area contributed by atoms with Crippen LogP contribution < -0.4 is 4.74 Å². The summed E-state index contributed by atoms with van der Waals surface area (Å²) in [6.45, 7) is 0. The number of benzene rings is 4. The van der Waals surface area contributed by atoms with E-state index in [9.17, 15) is 9.59 Å². The van der Waals surface area contributed by atoms with Crippen LogP contribution in [-0.2, 0) is 0 Å². The Hall–Kier alpha value is -4.44. The Bertz CT molecular complexity index is 1650. The lowest BCUT2D eigenvalue weighted by molar-refractivity contribution is 0.0990. The molecule has 1 aliphatic carbocycles. The number of para-hydroxylation sites is 3. The van der Waals surface area contributed by atoms with Crippen LogP contribution in [0.5, 0.6) is 11.5 Å². The highest BCUT2D eigenvalue weighted by atomic mass is 16.5. The number of ketones is 2. The molecule has 0 spiro atoms. The van der Waals surface area contributed by atoms with Crippen molar-refractivity contribution in [2.75, 3.05) is 0 Å². The number of rotatable bonds is 1. The first kappa shape index (κ1) is 17.3. The third-order valence-electron chi connectivity index (χ3n) is 6.30. The van der Waals surface area contributed by atoms with Crippen LogP contribution >= 0.6 is 0 Å². The van der Waals surface area contributed by atoms with E-state index in [1.807, 2.05) is 48.5 Å². The Balaban J connectivity index is 1.51. The average molecular weight is 413 g/mol. The molecule has 1 aromatic heterocycles. The lowest BCUT2D eigenvalue weighted by atomic mass is 10.0. The van der Waals surface area contributed by atoms with Gasteiger partial charge in [-0.1, -0.05) is 54.6 Å². The molecule has 7 rings (SSSR count). The number of ether oxygens (including phenoxy) is 1. The number of hydrogen-bond donors (Lipinski definition) is 0. The average Bonchev–Trinajstić information content (AvgIpc) is 3.29. The van der Waals surface area contributed by atoms with Crippen LogP contribution in [0.25, 0.3) is 33.6 Å². The van der Waals surface area contributed by atoms with Gasteiger partial charge in [0.2, 0.25) is 0 Å². The Kier molecular flexibility index (Phi) is 3.26. The summed E-state index contributed by atoms with van der Waals surface area (Å²) in [6, 6.07) is 27.1. The van der Waals surface area contributed by atoms with Gasteiger partial charge in [-0.15, -0.1) is 0 Å². The SMILES string of the molecule is O=C1C(=Cc2cc3c4c(c2)c2ccccc2n4-c2ccccc2O3)C(=O)c2ccccc21. The van der Waals surface area contributed by atoms with Gasteiger partial charge in [-0.3, -0.25) is 9.59 Å². The van der Waals surface area contributed by atoms with E-state index in [0.29, 0.717) is 16.9 Å². The third-order valence-corrected chi connectivity index (χ3v) is 6.30. The molecule has 1 aliphatic heterocycles. The number of carbonyl (C=O) groups is 2. The predicted octanol–water partition coefficient (Wildman–Crippen LogP) is 6.35. The molecule has 0 saturated heterocycles. The number of hydrogen-bond acceptors (Lipinski definition) is 3. The number of nitrogens with zero attached hydrogens (tertiary/aromatic N) is 1. The first-order valence-electron chi connectivity index (χ1n) is 10.5. The molecule has 0 N–H and O–H groups in total. The summed E-state index contributed by atoms with van der Waals surface area (Å²) >= 11 is 0. The molecule has 0 atom stereocenters. The van der Waals surface area contributed by atoms with Gasteiger partial charge in [0.1, 0.15) is 0 Å². The molecular weight excluding hydrogens is 398 g/mol. The molecule has 150 valence electrons. The molecule has 0 saturated carbocycles. The van der Waals surface area contributed by atoms with Crippen molar-refractivity contribution < 1.29 is 14.3 Å². The fourth-order valence-electron chi connectivity index (χ4n) is 4.91. The molecule has 4 aromatic carbocycles. The van der Waals surface area contributed by atoms with Crippen LogP contribution in [0.15, 0.2) is 90.5 Å². The van der Waals surface area contributed by atoms with Crippen LogP contribution in [0.2, 0.25) is 0 Å². The minimum Gasteiger partial charge on any atom is -0.453 e. The van der Waals surface area contributed by atoms with E-state index < -0.39 is 0 Å². The van der Waals surface area contributed by atoms with Crippen molar-refractivity contribution in [3.63, 3.8) is 0 Å². The number of aromatic nitrogens is 1. The minimum absolute atomic E-state index is 0.192. The molecule has 0 bridgehead atoms. The van der Waals surface area contributed by atoms with Gasteiger partial charge in [0.15, 0.2) is 23.1 Å². The fraction of sp³-hybridized carbons (Fsp3) is 0. The topological polar surface area (TPSA) is 48.3 Å².